The molecule has 1 unspecified atom stereocenters. The molecule has 0 saturated carbocycles. The zero-order valence-corrected chi connectivity index (χ0v) is 13.0. The van der Waals surface area contributed by atoms with Gasteiger partial charge in [0, 0.05) is 27.1 Å². The average molecular weight is 333 g/mol. The van der Waals surface area contributed by atoms with Crippen LogP contribution in [0.1, 0.15) is 24.6 Å². The molecule has 4 heteroatoms. The first-order chi connectivity index (χ1) is 9.67. The number of amides is 1. The molecule has 20 heavy (non-hydrogen) atoms. The van der Waals surface area contributed by atoms with Gasteiger partial charge in [-0.15, -0.1) is 0 Å². The Hall–Kier alpha value is -1.55. The van der Waals surface area contributed by atoms with Crippen LogP contribution in [-0.4, -0.2) is 16.9 Å². The highest BCUT2D eigenvalue weighted by atomic mass is 79.9. The maximum absolute atomic E-state index is 11.7. The van der Waals surface area contributed by atoms with Crippen molar-refractivity contribution >= 4 is 32.7 Å². The van der Waals surface area contributed by atoms with E-state index in [1.165, 1.54) is 22.2 Å². The predicted molar refractivity (Wildman–Crippen MR) is 84.8 cm³/mol. The molecule has 1 amide bonds. The quantitative estimate of drug-likeness (QED) is 0.812. The number of H-pyrrole nitrogens is 1. The van der Waals surface area contributed by atoms with Crippen molar-refractivity contribution in [3.8, 4) is 0 Å². The standard InChI is InChI=1S/C16H17BrN2O/c1-2-3-16(20)18-11-5-7-15-13(9-11)12-8-10(17)4-6-14(12)19-15/h2-4,6,8,11,19H,5,7,9H2,1H3,(H,18,20)/b3-2+. The number of rotatable bonds is 2. The SMILES string of the molecule is C/C=C/C(=O)NC1CCc2[nH]c3ccc(Br)cc3c2C1. The fourth-order valence-electron chi connectivity index (χ4n) is 2.91. The number of nitrogens with one attached hydrogen (secondary N) is 2. The molecule has 2 N–H and O–H groups in total. The van der Waals surface area contributed by atoms with Gasteiger partial charge in [0.1, 0.15) is 0 Å². The number of aromatic nitrogens is 1. The number of allylic oxidation sites excluding steroid dienone is 1. The van der Waals surface area contributed by atoms with E-state index in [2.05, 4.69) is 44.4 Å². The number of carbonyl (C=O) groups excluding carboxylic acids is 1. The topological polar surface area (TPSA) is 44.9 Å². The van der Waals surface area contributed by atoms with E-state index in [4.69, 9.17) is 0 Å². The molecule has 104 valence electrons. The number of benzene rings is 1. The maximum Gasteiger partial charge on any atom is 0.243 e. The first kappa shape index (κ1) is 13.4. The van der Waals surface area contributed by atoms with Gasteiger partial charge in [0.15, 0.2) is 0 Å². The second-order valence-electron chi connectivity index (χ2n) is 5.22. The summed E-state index contributed by atoms with van der Waals surface area (Å²) in [5, 5.41) is 4.34. The van der Waals surface area contributed by atoms with Crippen LogP contribution < -0.4 is 5.32 Å². The molecule has 0 radical (unpaired) electrons. The highest BCUT2D eigenvalue weighted by molar-refractivity contribution is 9.10. The van der Waals surface area contributed by atoms with Gasteiger partial charge in [0.05, 0.1) is 0 Å². The monoisotopic (exact) mass is 332 g/mol. The molecule has 0 bridgehead atoms. The Bertz CT molecular complexity index is 687. The van der Waals surface area contributed by atoms with Gasteiger partial charge in [-0.05, 0) is 56.0 Å². The summed E-state index contributed by atoms with van der Waals surface area (Å²) >= 11 is 3.53. The van der Waals surface area contributed by atoms with Crippen molar-refractivity contribution in [2.24, 2.45) is 0 Å². The van der Waals surface area contributed by atoms with Crippen LogP contribution >= 0.6 is 15.9 Å². The van der Waals surface area contributed by atoms with E-state index in [0.717, 1.165) is 23.7 Å². The van der Waals surface area contributed by atoms with E-state index in [9.17, 15) is 4.79 Å². The number of hydrogen-bond donors (Lipinski definition) is 2. The Morgan fingerprint density at radius 2 is 2.35 bits per heavy atom. The Morgan fingerprint density at radius 3 is 3.15 bits per heavy atom. The fourth-order valence-corrected chi connectivity index (χ4v) is 3.27. The van der Waals surface area contributed by atoms with Crippen molar-refractivity contribution in [2.75, 3.05) is 0 Å². The van der Waals surface area contributed by atoms with Gasteiger partial charge in [0.2, 0.25) is 5.91 Å². The molecule has 1 atom stereocenters. The molecule has 1 aliphatic carbocycles. The molecule has 2 aromatic rings. The van der Waals surface area contributed by atoms with E-state index in [1.807, 2.05) is 6.92 Å². The largest absolute Gasteiger partial charge is 0.358 e. The minimum Gasteiger partial charge on any atom is -0.358 e. The lowest BCUT2D eigenvalue weighted by Crippen LogP contribution is -2.37. The summed E-state index contributed by atoms with van der Waals surface area (Å²) in [7, 11) is 0. The van der Waals surface area contributed by atoms with E-state index in [1.54, 1.807) is 12.2 Å². The van der Waals surface area contributed by atoms with Crippen LogP contribution in [-0.2, 0) is 17.6 Å². The number of aryl methyl sites for hydroxylation is 1. The van der Waals surface area contributed by atoms with Gasteiger partial charge in [0.25, 0.3) is 0 Å². The van der Waals surface area contributed by atoms with E-state index in [-0.39, 0.29) is 11.9 Å². The lowest BCUT2D eigenvalue weighted by atomic mass is 9.91. The van der Waals surface area contributed by atoms with Gasteiger partial charge < -0.3 is 10.3 Å². The lowest BCUT2D eigenvalue weighted by molar-refractivity contribution is -0.117. The van der Waals surface area contributed by atoms with E-state index in [0.29, 0.717) is 0 Å². The minimum atomic E-state index is 0.00183. The highest BCUT2D eigenvalue weighted by Gasteiger charge is 2.23. The maximum atomic E-state index is 11.7. The molecule has 1 aromatic carbocycles. The van der Waals surface area contributed by atoms with E-state index < -0.39 is 0 Å². The van der Waals surface area contributed by atoms with Crippen LogP contribution in [0.15, 0.2) is 34.8 Å². The highest BCUT2D eigenvalue weighted by Crippen LogP contribution is 2.31. The van der Waals surface area contributed by atoms with Gasteiger partial charge >= 0.3 is 0 Å². The Morgan fingerprint density at radius 1 is 1.50 bits per heavy atom. The molecule has 1 heterocycles. The molecule has 1 aromatic heterocycles. The third kappa shape index (κ3) is 2.52. The molecular weight excluding hydrogens is 316 g/mol. The number of carbonyl (C=O) groups is 1. The lowest BCUT2D eigenvalue weighted by Gasteiger charge is -2.23. The van der Waals surface area contributed by atoms with Crippen molar-refractivity contribution in [1.29, 1.82) is 0 Å². The van der Waals surface area contributed by atoms with Crippen molar-refractivity contribution in [3.63, 3.8) is 0 Å². The molecule has 3 nitrogen and oxygen atoms in total. The van der Waals surface area contributed by atoms with Crippen molar-refractivity contribution in [1.82, 2.24) is 10.3 Å². The summed E-state index contributed by atoms with van der Waals surface area (Å²) in [5.41, 5.74) is 3.84. The first-order valence-electron chi connectivity index (χ1n) is 6.89. The number of halogens is 1. The first-order valence-corrected chi connectivity index (χ1v) is 7.69. The van der Waals surface area contributed by atoms with Crippen LogP contribution in [0.3, 0.4) is 0 Å². The van der Waals surface area contributed by atoms with Crippen molar-refractivity contribution in [3.05, 3.63) is 46.1 Å². The summed E-state index contributed by atoms with van der Waals surface area (Å²) in [6, 6.07) is 6.53. The molecule has 1 aliphatic rings. The zero-order chi connectivity index (χ0) is 14.1. The Labute approximate surface area is 126 Å². The summed E-state index contributed by atoms with van der Waals surface area (Å²) < 4.78 is 1.09. The van der Waals surface area contributed by atoms with Gasteiger partial charge in [-0.2, -0.15) is 0 Å². The Kier molecular flexibility index (Phi) is 3.66. The normalized spacial score (nSPS) is 18.4. The predicted octanol–water partition coefficient (Wildman–Crippen LogP) is 3.48. The van der Waals surface area contributed by atoms with Crippen LogP contribution in [0.4, 0.5) is 0 Å². The van der Waals surface area contributed by atoms with Crippen LogP contribution in [0.5, 0.6) is 0 Å². The molecule has 3 rings (SSSR count). The van der Waals surface area contributed by atoms with Crippen molar-refractivity contribution < 1.29 is 4.79 Å². The molecular formula is C16H17BrN2O. The van der Waals surface area contributed by atoms with Gasteiger partial charge in [-0.25, -0.2) is 0 Å². The van der Waals surface area contributed by atoms with Crippen LogP contribution in [0.25, 0.3) is 10.9 Å². The Balaban J connectivity index is 1.88. The fraction of sp³-hybridized carbons (Fsp3) is 0.312. The smallest absolute Gasteiger partial charge is 0.243 e. The molecule has 0 aliphatic heterocycles. The summed E-state index contributed by atoms with van der Waals surface area (Å²) in [4.78, 5) is 15.2. The number of fused-ring (bicyclic) bond motifs is 3. The van der Waals surface area contributed by atoms with E-state index >= 15 is 0 Å². The second kappa shape index (κ2) is 5.44. The van der Waals surface area contributed by atoms with Crippen LogP contribution in [0, 0.1) is 0 Å². The summed E-state index contributed by atoms with van der Waals surface area (Å²) in [6.45, 7) is 1.86. The van der Waals surface area contributed by atoms with Gasteiger partial charge in [-0.3, -0.25) is 4.79 Å². The van der Waals surface area contributed by atoms with Gasteiger partial charge in [-0.1, -0.05) is 22.0 Å². The molecule has 0 saturated heterocycles. The average Bonchev–Trinajstić information content (AvgIpc) is 2.76. The minimum absolute atomic E-state index is 0.00183. The van der Waals surface area contributed by atoms with Crippen molar-refractivity contribution in [2.45, 2.75) is 32.2 Å². The molecule has 0 spiro atoms. The third-order valence-corrected chi connectivity index (χ3v) is 4.31. The molecule has 0 fully saturated rings. The summed E-state index contributed by atoms with van der Waals surface area (Å²) in [5.74, 6) is 0.00183. The van der Waals surface area contributed by atoms with Crippen LogP contribution in [0.2, 0.25) is 0 Å². The summed E-state index contributed by atoms with van der Waals surface area (Å²) in [6.07, 6.45) is 6.23. The number of aromatic amines is 1. The number of hydrogen-bond acceptors (Lipinski definition) is 1. The third-order valence-electron chi connectivity index (χ3n) is 3.81. The second-order valence-corrected chi connectivity index (χ2v) is 6.14. The zero-order valence-electron chi connectivity index (χ0n) is 11.4.